The SMILES string of the molecule is C=CC1CC(C=C)C2C(C)=CCC12. The van der Waals surface area contributed by atoms with E-state index in [1.54, 1.807) is 5.57 Å². The number of allylic oxidation sites excluding steroid dienone is 4. The van der Waals surface area contributed by atoms with Crippen molar-refractivity contribution in [1.82, 2.24) is 0 Å². The molecule has 1 saturated carbocycles. The Morgan fingerprint density at radius 1 is 1.31 bits per heavy atom. The van der Waals surface area contributed by atoms with Crippen LogP contribution in [0.3, 0.4) is 0 Å². The summed E-state index contributed by atoms with van der Waals surface area (Å²) < 4.78 is 0. The summed E-state index contributed by atoms with van der Waals surface area (Å²) in [6.07, 6.45) is 9.23. The summed E-state index contributed by atoms with van der Waals surface area (Å²) in [5, 5.41) is 0. The van der Waals surface area contributed by atoms with E-state index in [4.69, 9.17) is 0 Å². The number of hydrogen-bond acceptors (Lipinski definition) is 0. The molecule has 0 spiro atoms. The molecule has 0 aromatic rings. The Bertz CT molecular complexity index is 259. The number of fused-ring (bicyclic) bond motifs is 1. The average molecular weight is 174 g/mol. The Morgan fingerprint density at radius 2 is 2.00 bits per heavy atom. The first kappa shape index (κ1) is 8.80. The predicted molar refractivity (Wildman–Crippen MR) is 57.3 cm³/mol. The predicted octanol–water partition coefficient (Wildman–Crippen LogP) is 3.58. The van der Waals surface area contributed by atoms with Crippen molar-refractivity contribution in [3.05, 3.63) is 37.0 Å². The average Bonchev–Trinajstić information content (AvgIpc) is 2.67. The third-order valence-corrected chi connectivity index (χ3v) is 3.86. The van der Waals surface area contributed by atoms with Gasteiger partial charge < -0.3 is 0 Å². The van der Waals surface area contributed by atoms with Crippen LogP contribution in [-0.2, 0) is 0 Å². The Balaban J connectivity index is 2.24. The van der Waals surface area contributed by atoms with Crippen LogP contribution in [0, 0.1) is 23.7 Å². The Morgan fingerprint density at radius 3 is 2.62 bits per heavy atom. The third-order valence-electron chi connectivity index (χ3n) is 3.86. The lowest BCUT2D eigenvalue weighted by molar-refractivity contribution is 0.402. The molecule has 70 valence electrons. The molecular weight excluding hydrogens is 156 g/mol. The van der Waals surface area contributed by atoms with Crippen molar-refractivity contribution in [3.8, 4) is 0 Å². The fourth-order valence-electron chi connectivity index (χ4n) is 3.19. The zero-order chi connectivity index (χ0) is 9.42. The second-order valence-electron chi connectivity index (χ2n) is 4.41. The van der Waals surface area contributed by atoms with Crippen molar-refractivity contribution in [3.63, 3.8) is 0 Å². The van der Waals surface area contributed by atoms with Crippen molar-refractivity contribution in [2.75, 3.05) is 0 Å². The summed E-state index contributed by atoms with van der Waals surface area (Å²) in [6, 6.07) is 0. The molecule has 1 fully saturated rings. The first-order valence-electron chi connectivity index (χ1n) is 5.19. The van der Waals surface area contributed by atoms with Gasteiger partial charge in [-0.25, -0.2) is 0 Å². The van der Waals surface area contributed by atoms with Gasteiger partial charge in [0, 0.05) is 0 Å². The summed E-state index contributed by atoms with van der Waals surface area (Å²) in [6.45, 7) is 10.2. The monoisotopic (exact) mass is 174 g/mol. The zero-order valence-electron chi connectivity index (χ0n) is 8.37. The van der Waals surface area contributed by atoms with Crippen molar-refractivity contribution in [2.45, 2.75) is 19.8 Å². The second kappa shape index (κ2) is 3.17. The maximum atomic E-state index is 3.94. The lowest BCUT2D eigenvalue weighted by atomic mass is 9.86. The van der Waals surface area contributed by atoms with E-state index < -0.39 is 0 Å². The quantitative estimate of drug-likeness (QED) is 0.561. The van der Waals surface area contributed by atoms with Crippen LogP contribution in [0.4, 0.5) is 0 Å². The van der Waals surface area contributed by atoms with Gasteiger partial charge in [-0.15, -0.1) is 13.2 Å². The maximum Gasteiger partial charge on any atom is -0.0106 e. The maximum absolute atomic E-state index is 3.94. The summed E-state index contributed by atoms with van der Waals surface area (Å²) >= 11 is 0. The minimum atomic E-state index is 0.701. The number of rotatable bonds is 2. The van der Waals surface area contributed by atoms with Crippen LogP contribution < -0.4 is 0 Å². The van der Waals surface area contributed by atoms with Gasteiger partial charge in [-0.05, 0) is 43.4 Å². The molecular formula is C13H18. The van der Waals surface area contributed by atoms with E-state index in [2.05, 4.69) is 38.3 Å². The molecule has 13 heavy (non-hydrogen) atoms. The third kappa shape index (κ3) is 1.20. The van der Waals surface area contributed by atoms with Crippen LogP contribution in [0.25, 0.3) is 0 Å². The lowest BCUT2D eigenvalue weighted by Crippen LogP contribution is -2.11. The molecule has 0 nitrogen and oxygen atoms in total. The van der Waals surface area contributed by atoms with Gasteiger partial charge in [-0.1, -0.05) is 23.8 Å². The first-order chi connectivity index (χ1) is 6.27. The van der Waals surface area contributed by atoms with Gasteiger partial charge in [0.05, 0.1) is 0 Å². The van der Waals surface area contributed by atoms with E-state index in [0.29, 0.717) is 5.92 Å². The van der Waals surface area contributed by atoms with Crippen LogP contribution in [-0.4, -0.2) is 0 Å². The highest BCUT2D eigenvalue weighted by Gasteiger charge is 2.42. The van der Waals surface area contributed by atoms with E-state index in [9.17, 15) is 0 Å². The summed E-state index contributed by atoms with van der Waals surface area (Å²) in [5.41, 5.74) is 1.58. The lowest BCUT2D eigenvalue weighted by Gasteiger charge is -2.18. The molecule has 4 unspecified atom stereocenters. The van der Waals surface area contributed by atoms with E-state index in [-0.39, 0.29) is 0 Å². The van der Waals surface area contributed by atoms with E-state index >= 15 is 0 Å². The smallest absolute Gasteiger partial charge is 0.0106 e. The molecule has 0 aromatic heterocycles. The molecule has 2 aliphatic rings. The highest BCUT2D eigenvalue weighted by Crippen LogP contribution is 2.51. The Kier molecular flexibility index (Phi) is 2.15. The van der Waals surface area contributed by atoms with E-state index in [0.717, 1.165) is 17.8 Å². The molecule has 0 heterocycles. The molecule has 0 saturated heterocycles. The molecule has 0 aliphatic heterocycles. The van der Waals surface area contributed by atoms with E-state index in [1.165, 1.54) is 12.8 Å². The molecule has 0 bridgehead atoms. The molecule has 0 radical (unpaired) electrons. The normalized spacial score (nSPS) is 42.7. The van der Waals surface area contributed by atoms with Crippen LogP contribution >= 0.6 is 0 Å². The summed E-state index contributed by atoms with van der Waals surface area (Å²) in [7, 11) is 0. The van der Waals surface area contributed by atoms with Crippen LogP contribution in [0.2, 0.25) is 0 Å². The second-order valence-corrected chi connectivity index (χ2v) is 4.41. The minimum Gasteiger partial charge on any atom is -0.103 e. The standard InChI is InChI=1S/C13H18/c1-4-10-8-11(5-2)13-9(3)6-7-12(10)13/h4-6,10-13H,1-2,7-8H2,3H3. The highest BCUT2D eigenvalue weighted by molar-refractivity contribution is 5.22. The molecule has 0 N–H and O–H groups in total. The minimum absolute atomic E-state index is 0.701. The topological polar surface area (TPSA) is 0 Å². The molecule has 0 aromatic carbocycles. The van der Waals surface area contributed by atoms with E-state index in [1.807, 2.05) is 0 Å². The largest absolute Gasteiger partial charge is 0.103 e. The highest BCUT2D eigenvalue weighted by atomic mass is 14.5. The number of hydrogen-bond donors (Lipinski definition) is 0. The zero-order valence-corrected chi connectivity index (χ0v) is 8.37. The van der Waals surface area contributed by atoms with Crippen LogP contribution in [0.15, 0.2) is 37.0 Å². The van der Waals surface area contributed by atoms with Gasteiger partial charge in [-0.3, -0.25) is 0 Å². The Labute approximate surface area is 81.0 Å². The fraction of sp³-hybridized carbons (Fsp3) is 0.538. The summed E-state index contributed by atoms with van der Waals surface area (Å²) in [5.74, 6) is 3.04. The van der Waals surface area contributed by atoms with Crippen LogP contribution in [0.1, 0.15) is 19.8 Å². The van der Waals surface area contributed by atoms with Crippen LogP contribution in [0.5, 0.6) is 0 Å². The van der Waals surface area contributed by atoms with Gasteiger partial charge in [0.25, 0.3) is 0 Å². The molecule has 2 aliphatic carbocycles. The molecule has 0 heteroatoms. The van der Waals surface area contributed by atoms with Crippen molar-refractivity contribution in [2.24, 2.45) is 23.7 Å². The molecule has 2 rings (SSSR count). The van der Waals surface area contributed by atoms with Crippen molar-refractivity contribution < 1.29 is 0 Å². The van der Waals surface area contributed by atoms with Crippen molar-refractivity contribution >= 4 is 0 Å². The van der Waals surface area contributed by atoms with Gasteiger partial charge in [0.15, 0.2) is 0 Å². The van der Waals surface area contributed by atoms with Crippen molar-refractivity contribution in [1.29, 1.82) is 0 Å². The summed E-state index contributed by atoms with van der Waals surface area (Å²) in [4.78, 5) is 0. The van der Waals surface area contributed by atoms with Gasteiger partial charge in [0.2, 0.25) is 0 Å². The Hall–Kier alpha value is -0.780. The molecule has 4 atom stereocenters. The molecule has 0 amide bonds. The van der Waals surface area contributed by atoms with Gasteiger partial charge >= 0.3 is 0 Å². The first-order valence-corrected chi connectivity index (χ1v) is 5.19. The van der Waals surface area contributed by atoms with Gasteiger partial charge in [0.1, 0.15) is 0 Å². The van der Waals surface area contributed by atoms with Gasteiger partial charge in [-0.2, -0.15) is 0 Å². The fourth-order valence-corrected chi connectivity index (χ4v) is 3.19.